The Morgan fingerprint density at radius 1 is 1.47 bits per heavy atom. The predicted octanol–water partition coefficient (Wildman–Crippen LogP) is 1.74. The van der Waals surface area contributed by atoms with Crippen LogP contribution >= 0.6 is 0 Å². The molecule has 1 aliphatic rings. The highest BCUT2D eigenvalue weighted by molar-refractivity contribution is 5.82. The standard InChI is InChI=1S/C14H18N2O/c1-2-9-15-14(17)11-16-10-5-7-12-6-3-4-8-13(12)16/h2-4,6,8H,1,5,7,9-11H2,(H,15,17). The lowest BCUT2D eigenvalue weighted by Crippen LogP contribution is -2.39. The number of anilines is 1. The molecule has 0 atom stereocenters. The fourth-order valence-electron chi connectivity index (χ4n) is 2.19. The first-order valence-corrected chi connectivity index (χ1v) is 6.01. The molecule has 0 saturated heterocycles. The number of benzene rings is 1. The fraction of sp³-hybridized carbons (Fsp3) is 0.357. The molecule has 0 saturated carbocycles. The van der Waals surface area contributed by atoms with E-state index < -0.39 is 0 Å². The van der Waals surface area contributed by atoms with Gasteiger partial charge in [0, 0.05) is 18.8 Å². The summed E-state index contributed by atoms with van der Waals surface area (Å²) in [5, 5.41) is 2.81. The molecule has 2 rings (SSSR count). The molecule has 1 aromatic rings. The van der Waals surface area contributed by atoms with Gasteiger partial charge in [0.1, 0.15) is 0 Å². The van der Waals surface area contributed by atoms with Gasteiger partial charge in [0.2, 0.25) is 5.91 Å². The Bertz CT molecular complexity index is 414. The summed E-state index contributed by atoms with van der Waals surface area (Å²) in [6.45, 7) is 5.52. The molecule has 0 aromatic heterocycles. The zero-order valence-electron chi connectivity index (χ0n) is 9.98. The fourth-order valence-corrected chi connectivity index (χ4v) is 2.19. The highest BCUT2D eigenvalue weighted by Gasteiger charge is 2.17. The molecular formula is C14H18N2O. The van der Waals surface area contributed by atoms with Crippen molar-refractivity contribution in [1.29, 1.82) is 0 Å². The SMILES string of the molecule is C=CCNC(=O)CN1CCCc2ccccc21. The van der Waals surface area contributed by atoms with Gasteiger partial charge >= 0.3 is 0 Å². The van der Waals surface area contributed by atoms with E-state index >= 15 is 0 Å². The summed E-state index contributed by atoms with van der Waals surface area (Å²) in [7, 11) is 0. The molecule has 1 aromatic carbocycles. The lowest BCUT2D eigenvalue weighted by molar-refractivity contribution is -0.119. The summed E-state index contributed by atoms with van der Waals surface area (Å²) in [5.41, 5.74) is 2.54. The second-order valence-corrected chi connectivity index (χ2v) is 4.25. The number of hydrogen-bond acceptors (Lipinski definition) is 2. The molecule has 0 unspecified atom stereocenters. The maximum absolute atomic E-state index is 11.7. The van der Waals surface area contributed by atoms with Crippen LogP contribution in [0, 0.1) is 0 Å². The van der Waals surface area contributed by atoms with E-state index in [0.29, 0.717) is 13.1 Å². The number of para-hydroxylation sites is 1. The minimum Gasteiger partial charge on any atom is -0.362 e. The number of hydrogen-bond donors (Lipinski definition) is 1. The summed E-state index contributed by atoms with van der Waals surface area (Å²) in [4.78, 5) is 13.8. The van der Waals surface area contributed by atoms with E-state index in [1.807, 2.05) is 6.07 Å². The predicted molar refractivity (Wildman–Crippen MR) is 70.2 cm³/mol. The normalized spacial score (nSPS) is 14.0. The van der Waals surface area contributed by atoms with Crippen molar-refractivity contribution in [2.75, 3.05) is 24.5 Å². The highest BCUT2D eigenvalue weighted by Crippen LogP contribution is 2.25. The Labute approximate surface area is 102 Å². The van der Waals surface area contributed by atoms with Crippen molar-refractivity contribution in [1.82, 2.24) is 5.32 Å². The van der Waals surface area contributed by atoms with Gasteiger partial charge in [-0.2, -0.15) is 0 Å². The average Bonchev–Trinajstić information content (AvgIpc) is 2.37. The molecule has 0 aliphatic carbocycles. The van der Waals surface area contributed by atoms with Crippen molar-refractivity contribution in [3.63, 3.8) is 0 Å². The molecule has 3 nitrogen and oxygen atoms in total. The molecule has 0 radical (unpaired) electrons. The quantitative estimate of drug-likeness (QED) is 0.799. The van der Waals surface area contributed by atoms with Gasteiger partial charge in [-0.1, -0.05) is 24.3 Å². The van der Waals surface area contributed by atoms with E-state index in [0.717, 1.165) is 19.4 Å². The number of carbonyl (C=O) groups is 1. The number of amides is 1. The summed E-state index contributed by atoms with van der Waals surface area (Å²) in [5.74, 6) is 0.0570. The van der Waals surface area contributed by atoms with Crippen molar-refractivity contribution >= 4 is 11.6 Å². The highest BCUT2D eigenvalue weighted by atomic mass is 16.2. The van der Waals surface area contributed by atoms with Crippen LogP contribution in [-0.2, 0) is 11.2 Å². The third-order valence-corrected chi connectivity index (χ3v) is 2.98. The molecule has 0 fully saturated rings. The van der Waals surface area contributed by atoms with Crippen LogP contribution in [0.25, 0.3) is 0 Å². The third-order valence-electron chi connectivity index (χ3n) is 2.98. The minimum absolute atomic E-state index is 0.0570. The van der Waals surface area contributed by atoms with Gasteiger partial charge < -0.3 is 10.2 Å². The molecule has 1 N–H and O–H groups in total. The first-order chi connectivity index (χ1) is 8.31. The summed E-state index contributed by atoms with van der Waals surface area (Å²) < 4.78 is 0. The van der Waals surface area contributed by atoms with Gasteiger partial charge in [-0.25, -0.2) is 0 Å². The van der Waals surface area contributed by atoms with E-state index in [9.17, 15) is 4.79 Å². The van der Waals surface area contributed by atoms with E-state index in [2.05, 4.69) is 35.0 Å². The number of carbonyl (C=O) groups excluding carboxylic acids is 1. The van der Waals surface area contributed by atoms with Crippen LogP contribution in [-0.4, -0.2) is 25.5 Å². The van der Waals surface area contributed by atoms with Crippen LogP contribution in [0.3, 0.4) is 0 Å². The van der Waals surface area contributed by atoms with E-state index in [4.69, 9.17) is 0 Å². The van der Waals surface area contributed by atoms with Gasteiger partial charge in [-0.3, -0.25) is 4.79 Å². The van der Waals surface area contributed by atoms with E-state index in [1.165, 1.54) is 11.3 Å². The molecule has 3 heteroatoms. The van der Waals surface area contributed by atoms with Crippen LogP contribution in [0.4, 0.5) is 5.69 Å². The number of rotatable bonds is 4. The molecular weight excluding hydrogens is 212 g/mol. The Hall–Kier alpha value is -1.77. The summed E-state index contributed by atoms with van der Waals surface area (Å²) >= 11 is 0. The minimum atomic E-state index is 0.0570. The van der Waals surface area contributed by atoms with Crippen LogP contribution in [0.5, 0.6) is 0 Å². The summed E-state index contributed by atoms with van der Waals surface area (Å²) in [6.07, 6.45) is 3.93. The Balaban J connectivity index is 2.03. The Morgan fingerprint density at radius 3 is 3.12 bits per heavy atom. The lowest BCUT2D eigenvalue weighted by Gasteiger charge is -2.30. The number of aryl methyl sites for hydroxylation is 1. The summed E-state index contributed by atoms with van der Waals surface area (Å²) in [6, 6.07) is 8.32. The third kappa shape index (κ3) is 2.87. The topological polar surface area (TPSA) is 32.3 Å². The van der Waals surface area contributed by atoms with Crippen LogP contribution in [0.1, 0.15) is 12.0 Å². The molecule has 17 heavy (non-hydrogen) atoms. The van der Waals surface area contributed by atoms with Crippen molar-refractivity contribution in [3.05, 3.63) is 42.5 Å². The van der Waals surface area contributed by atoms with Crippen molar-refractivity contribution in [2.45, 2.75) is 12.8 Å². The molecule has 1 aliphatic heterocycles. The number of nitrogens with one attached hydrogen (secondary N) is 1. The number of fused-ring (bicyclic) bond motifs is 1. The smallest absolute Gasteiger partial charge is 0.239 e. The van der Waals surface area contributed by atoms with Crippen molar-refractivity contribution in [2.24, 2.45) is 0 Å². The molecule has 90 valence electrons. The van der Waals surface area contributed by atoms with Gasteiger partial charge in [0.05, 0.1) is 6.54 Å². The van der Waals surface area contributed by atoms with E-state index in [1.54, 1.807) is 6.08 Å². The first-order valence-electron chi connectivity index (χ1n) is 6.01. The number of nitrogens with zero attached hydrogens (tertiary/aromatic N) is 1. The molecule has 0 spiro atoms. The molecule has 1 amide bonds. The van der Waals surface area contributed by atoms with Crippen molar-refractivity contribution < 1.29 is 4.79 Å². The average molecular weight is 230 g/mol. The second-order valence-electron chi connectivity index (χ2n) is 4.25. The lowest BCUT2D eigenvalue weighted by atomic mass is 10.0. The zero-order chi connectivity index (χ0) is 12.1. The maximum atomic E-state index is 11.7. The first kappa shape index (κ1) is 11.7. The molecule has 0 bridgehead atoms. The van der Waals surface area contributed by atoms with Gasteiger partial charge in [-0.05, 0) is 24.5 Å². The van der Waals surface area contributed by atoms with Gasteiger partial charge in [-0.15, -0.1) is 6.58 Å². The van der Waals surface area contributed by atoms with Crippen LogP contribution < -0.4 is 10.2 Å². The largest absolute Gasteiger partial charge is 0.362 e. The van der Waals surface area contributed by atoms with Gasteiger partial charge in [0.25, 0.3) is 0 Å². The Morgan fingerprint density at radius 2 is 2.29 bits per heavy atom. The van der Waals surface area contributed by atoms with Crippen LogP contribution in [0.15, 0.2) is 36.9 Å². The second kappa shape index (κ2) is 5.53. The van der Waals surface area contributed by atoms with Gasteiger partial charge in [0.15, 0.2) is 0 Å². The van der Waals surface area contributed by atoms with E-state index in [-0.39, 0.29) is 5.91 Å². The zero-order valence-corrected chi connectivity index (χ0v) is 9.98. The molecule has 1 heterocycles. The van der Waals surface area contributed by atoms with Crippen LogP contribution in [0.2, 0.25) is 0 Å². The Kier molecular flexibility index (Phi) is 3.81. The monoisotopic (exact) mass is 230 g/mol. The maximum Gasteiger partial charge on any atom is 0.239 e. The van der Waals surface area contributed by atoms with Crippen molar-refractivity contribution in [3.8, 4) is 0 Å².